The molecule has 0 amide bonds. The Labute approximate surface area is 194 Å². The predicted molar refractivity (Wildman–Crippen MR) is 121 cm³/mol. The Morgan fingerprint density at radius 2 is 1.79 bits per heavy atom. The van der Waals surface area contributed by atoms with Gasteiger partial charge in [0.25, 0.3) is 5.69 Å². The van der Waals surface area contributed by atoms with Crippen molar-refractivity contribution >= 4 is 11.4 Å². The molecule has 1 aliphatic heterocycles. The zero-order valence-electron chi connectivity index (χ0n) is 18.2. The molecule has 5 rings (SSSR count). The molecule has 0 spiro atoms. The van der Waals surface area contributed by atoms with Gasteiger partial charge in [-0.2, -0.15) is 0 Å². The average molecular weight is 463 g/mol. The number of non-ortho nitro benzene ring substituents is 1. The van der Waals surface area contributed by atoms with Crippen molar-refractivity contribution in [3.05, 3.63) is 100 Å². The third kappa shape index (κ3) is 4.37. The van der Waals surface area contributed by atoms with Crippen molar-refractivity contribution in [1.29, 1.82) is 0 Å². The van der Waals surface area contributed by atoms with E-state index in [1.807, 2.05) is 6.07 Å². The van der Waals surface area contributed by atoms with Crippen molar-refractivity contribution in [2.45, 2.75) is 12.6 Å². The van der Waals surface area contributed by atoms with Crippen LogP contribution in [0.5, 0.6) is 0 Å². The van der Waals surface area contributed by atoms with Gasteiger partial charge in [-0.15, -0.1) is 5.10 Å². The third-order valence-electron chi connectivity index (χ3n) is 5.99. The first-order valence-electron chi connectivity index (χ1n) is 10.9. The van der Waals surface area contributed by atoms with Gasteiger partial charge in [-0.25, -0.2) is 9.07 Å². The number of benzene rings is 2. The van der Waals surface area contributed by atoms with E-state index in [0.717, 1.165) is 5.69 Å². The van der Waals surface area contributed by atoms with E-state index in [1.165, 1.54) is 18.2 Å². The molecular formula is C23H22FN7O3. The highest BCUT2D eigenvalue weighted by Crippen LogP contribution is 2.31. The lowest BCUT2D eigenvalue weighted by Gasteiger charge is -2.39. The Kier molecular flexibility index (Phi) is 6.00. The van der Waals surface area contributed by atoms with Gasteiger partial charge in [-0.1, -0.05) is 18.2 Å². The maximum atomic E-state index is 15.0. The molecule has 1 fully saturated rings. The maximum Gasteiger partial charge on any atom is 0.269 e. The lowest BCUT2D eigenvalue weighted by atomic mass is 10.0. The van der Waals surface area contributed by atoms with Crippen molar-refractivity contribution in [3.8, 4) is 0 Å². The van der Waals surface area contributed by atoms with Crippen molar-refractivity contribution in [2.24, 2.45) is 0 Å². The van der Waals surface area contributed by atoms with Gasteiger partial charge in [-0.3, -0.25) is 15.0 Å². The molecule has 174 valence electrons. The lowest BCUT2D eigenvalue weighted by Crippen LogP contribution is -2.48. The third-order valence-corrected chi connectivity index (χ3v) is 5.99. The number of anilines is 1. The van der Waals surface area contributed by atoms with Gasteiger partial charge in [-0.05, 0) is 40.8 Å². The van der Waals surface area contributed by atoms with Crippen LogP contribution in [0.3, 0.4) is 0 Å². The van der Waals surface area contributed by atoms with Crippen molar-refractivity contribution in [1.82, 2.24) is 25.1 Å². The van der Waals surface area contributed by atoms with Gasteiger partial charge in [0.2, 0.25) is 0 Å². The van der Waals surface area contributed by atoms with Crippen LogP contribution in [0.1, 0.15) is 23.2 Å². The molecule has 11 heteroatoms. The molecule has 3 heterocycles. The Bertz CT molecular complexity index is 1250. The molecule has 2 aromatic heterocycles. The summed E-state index contributed by atoms with van der Waals surface area (Å²) < 4.78 is 22.0. The van der Waals surface area contributed by atoms with Gasteiger partial charge in [0.05, 0.1) is 11.2 Å². The lowest BCUT2D eigenvalue weighted by molar-refractivity contribution is -0.384. The number of rotatable bonds is 7. The number of hydrogen-bond donors (Lipinski definition) is 0. The SMILES string of the molecule is O=[N+]([O-])c1ccc(N2CCN([C@@H](c3ccccc3F)c3nnnn3Cc3ccco3)CC2)cc1. The van der Waals surface area contributed by atoms with Gasteiger partial charge in [0, 0.05) is 49.6 Å². The van der Waals surface area contributed by atoms with Crippen LogP contribution in [0.15, 0.2) is 71.3 Å². The number of tetrazole rings is 1. The topological polar surface area (TPSA) is 106 Å². The molecule has 2 aromatic carbocycles. The van der Waals surface area contributed by atoms with E-state index >= 15 is 0 Å². The number of nitro groups is 1. The van der Waals surface area contributed by atoms with Crippen molar-refractivity contribution < 1.29 is 13.7 Å². The summed E-state index contributed by atoms with van der Waals surface area (Å²) in [5, 5.41) is 23.2. The first kappa shape index (κ1) is 21.7. The second kappa shape index (κ2) is 9.40. The van der Waals surface area contributed by atoms with Crippen LogP contribution < -0.4 is 4.90 Å². The minimum atomic E-state index is -0.481. The number of furan rings is 1. The first-order chi connectivity index (χ1) is 16.6. The predicted octanol–water partition coefficient (Wildman–Crippen LogP) is 3.27. The molecule has 1 atom stereocenters. The smallest absolute Gasteiger partial charge is 0.269 e. The normalized spacial score (nSPS) is 15.4. The summed E-state index contributed by atoms with van der Waals surface area (Å²) in [6.07, 6.45) is 1.59. The molecule has 0 bridgehead atoms. The molecule has 10 nitrogen and oxygen atoms in total. The van der Waals surface area contributed by atoms with E-state index in [2.05, 4.69) is 25.3 Å². The summed E-state index contributed by atoms with van der Waals surface area (Å²) in [6, 6.07) is 16.3. The quantitative estimate of drug-likeness (QED) is 0.304. The highest BCUT2D eigenvalue weighted by Gasteiger charge is 2.32. The molecule has 0 aliphatic carbocycles. The summed E-state index contributed by atoms with van der Waals surface area (Å²) in [5.74, 6) is 0.909. The molecule has 0 unspecified atom stereocenters. The molecule has 1 aliphatic rings. The summed E-state index contributed by atoms with van der Waals surface area (Å²) in [5.41, 5.74) is 1.47. The number of halogens is 1. The Morgan fingerprint density at radius 3 is 2.47 bits per heavy atom. The van der Waals surface area contributed by atoms with Crippen LogP contribution in [0.2, 0.25) is 0 Å². The molecule has 1 saturated heterocycles. The van der Waals surface area contributed by atoms with E-state index in [1.54, 1.807) is 47.3 Å². The molecule has 0 radical (unpaired) electrons. The summed E-state index contributed by atoms with van der Waals surface area (Å²) in [4.78, 5) is 14.8. The number of hydrogen-bond acceptors (Lipinski definition) is 8. The molecule has 0 saturated carbocycles. The van der Waals surface area contributed by atoms with Crippen LogP contribution in [0.25, 0.3) is 0 Å². The standard InChI is InChI=1S/C23H22FN7O3/c24-21-6-2-1-5-20(21)22(23-25-26-27-30(23)16-19-4-3-15-34-19)29-13-11-28(12-14-29)17-7-9-18(10-8-17)31(32)33/h1-10,15,22H,11-14,16H2/t22-/m0/s1. The van der Waals surface area contributed by atoms with Crippen LogP contribution in [-0.4, -0.2) is 56.2 Å². The molecular weight excluding hydrogens is 441 g/mol. The second-order valence-electron chi connectivity index (χ2n) is 7.99. The number of piperazine rings is 1. The largest absolute Gasteiger partial charge is 0.467 e. The first-order valence-corrected chi connectivity index (χ1v) is 10.9. The maximum absolute atomic E-state index is 15.0. The average Bonchev–Trinajstić information content (AvgIpc) is 3.54. The number of aromatic nitrogens is 4. The minimum absolute atomic E-state index is 0.0606. The van der Waals surface area contributed by atoms with Crippen LogP contribution in [0, 0.1) is 15.9 Å². The summed E-state index contributed by atoms with van der Waals surface area (Å²) in [6.45, 7) is 2.93. The zero-order valence-corrected chi connectivity index (χ0v) is 18.2. The van der Waals surface area contributed by atoms with Crippen molar-refractivity contribution in [2.75, 3.05) is 31.1 Å². The van der Waals surface area contributed by atoms with E-state index in [4.69, 9.17) is 4.42 Å². The monoisotopic (exact) mass is 463 g/mol. The Balaban J connectivity index is 1.40. The van der Waals surface area contributed by atoms with Crippen LogP contribution in [0.4, 0.5) is 15.8 Å². The Morgan fingerprint density at radius 1 is 1.03 bits per heavy atom. The van der Waals surface area contributed by atoms with Gasteiger partial charge >= 0.3 is 0 Å². The van der Waals surface area contributed by atoms with Crippen LogP contribution in [-0.2, 0) is 6.54 Å². The van der Waals surface area contributed by atoms with E-state index in [-0.39, 0.29) is 11.5 Å². The highest BCUT2D eigenvalue weighted by molar-refractivity contribution is 5.51. The van der Waals surface area contributed by atoms with Gasteiger partial charge in [0.1, 0.15) is 24.2 Å². The van der Waals surface area contributed by atoms with Crippen molar-refractivity contribution in [3.63, 3.8) is 0 Å². The van der Waals surface area contributed by atoms with Gasteiger partial charge in [0.15, 0.2) is 5.82 Å². The molecule has 4 aromatic rings. The second-order valence-corrected chi connectivity index (χ2v) is 7.99. The van der Waals surface area contributed by atoms with Gasteiger partial charge < -0.3 is 9.32 Å². The summed E-state index contributed by atoms with van der Waals surface area (Å²) >= 11 is 0. The number of nitro benzene ring substituents is 1. The highest BCUT2D eigenvalue weighted by atomic mass is 19.1. The Hall–Kier alpha value is -4.12. The molecule has 0 N–H and O–H groups in total. The minimum Gasteiger partial charge on any atom is -0.467 e. The van der Waals surface area contributed by atoms with E-state index in [0.29, 0.717) is 49.9 Å². The van der Waals surface area contributed by atoms with Crippen LogP contribution >= 0.6 is 0 Å². The fraction of sp³-hybridized carbons (Fsp3) is 0.261. The zero-order chi connectivity index (χ0) is 23.5. The van der Waals surface area contributed by atoms with E-state index in [9.17, 15) is 14.5 Å². The fourth-order valence-corrected chi connectivity index (χ4v) is 4.29. The fourth-order valence-electron chi connectivity index (χ4n) is 4.29. The number of nitrogens with zero attached hydrogens (tertiary/aromatic N) is 7. The summed E-state index contributed by atoms with van der Waals surface area (Å²) in [7, 11) is 0. The molecule has 34 heavy (non-hydrogen) atoms. The van der Waals surface area contributed by atoms with E-state index < -0.39 is 11.0 Å².